The molecule has 0 spiro atoms. The van der Waals surface area contributed by atoms with Gasteiger partial charge in [0.1, 0.15) is 0 Å². The number of halogens is 1. The molecule has 1 saturated carbocycles. The van der Waals surface area contributed by atoms with Crippen molar-refractivity contribution in [2.45, 2.75) is 36.9 Å². The van der Waals surface area contributed by atoms with Crippen molar-refractivity contribution in [3.8, 4) is 0 Å². The quantitative estimate of drug-likeness (QED) is 0.573. The molecule has 14 heavy (non-hydrogen) atoms. The van der Waals surface area contributed by atoms with Crippen LogP contribution in [0.25, 0.3) is 0 Å². The van der Waals surface area contributed by atoms with Gasteiger partial charge in [0.05, 0.1) is 0 Å². The van der Waals surface area contributed by atoms with Crippen LogP contribution in [0.2, 0.25) is 0 Å². The Bertz CT molecular complexity index is 195. The van der Waals surface area contributed by atoms with Crippen LogP contribution in [0.1, 0.15) is 32.1 Å². The van der Waals surface area contributed by atoms with Gasteiger partial charge < -0.3 is 5.32 Å². The summed E-state index contributed by atoms with van der Waals surface area (Å²) in [5.74, 6) is 0.214. The molecule has 2 nitrogen and oxygen atoms in total. The van der Waals surface area contributed by atoms with E-state index in [0.717, 1.165) is 24.7 Å². The highest BCUT2D eigenvalue weighted by molar-refractivity contribution is 9.09. The fourth-order valence-electron chi connectivity index (χ4n) is 1.32. The molecule has 0 aliphatic heterocycles. The van der Waals surface area contributed by atoms with E-state index in [1.165, 1.54) is 12.8 Å². The smallest absolute Gasteiger partial charge is 0.220 e. The first kappa shape index (κ1) is 12.4. The van der Waals surface area contributed by atoms with Crippen molar-refractivity contribution in [3.05, 3.63) is 0 Å². The van der Waals surface area contributed by atoms with Crippen LogP contribution in [0, 0.1) is 0 Å². The second kappa shape index (κ2) is 6.01. The summed E-state index contributed by atoms with van der Waals surface area (Å²) in [7, 11) is 0. The molecule has 0 aromatic heterocycles. The van der Waals surface area contributed by atoms with Crippen molar-refractivity contribution in [3.63, 3.8) is 0 Å². The van der Waals surface area contributed by atoms with Gasteiger partial charge in [-0.15, -0.1) is 0 Å². The second-order valence-corrected chi connectivity index (χ2v) is 5.88. The number of amides is 1. The van der Waals surface area contributed by atoms with Crippen molar-refractivity contribution < 1.29 is 4.79 Å². The van der Waals surface area contributed by atoms with Crippen LogP contribution in [0.15, 0.2) is 0 Å². The van der Waals surface area contributed by atoms with Gasteiger partial charge in [-0.3, -0.25) is 4.79 Å². The maximum absolute atomic E-state index is 11.4. The number of carbonyl (C=O) groups is 1. The molecule has 82 valence electrons. The molecule has 1 rings (SSSR count). The van der Waals surface area contributed by atoms with E-state index in [2.05, 4.69) is 27.5 Å². The van der Waals surface area contributed by atoms with E-state index >= 15 is 0 Å². The Morgan fingerprint density at radius 3 is 2.71 bits per heavy atom. The molecule has 0 unspecified atom stereocenters. The highest BCUT2D eigenvalue weighted by Gasteiger charge is 2.41. The summed E-state index contributed by atoms with van der Waals surface area (Å²) in [5.41, 5.74) is 0. The Morgan fingerprint density at radius 1 is 1.50 bits per heavy atom. The molecule has 1 fully saturated rings. The predicted molar refractivity (Wildman–Crippen MR) is 66.1 cm³/mol. The molecule has 1 amide bonds. The molecule has 1 aliphatic carbocycles. The lowest BCUT2D eigenvalue weighted by Crippen LogP contribution is -2.31. The average Bonchev–Trinajstić information content (AvgIpc) is 2.96. The highest BCUT2D eigenvalue weighted by atomic mass is 79.9. The number of nitrogens with one attached hydrogen (secondary N) is 1. The van der Waals surface area contributed by atoms with Gasteiger partial charge in [-0.25, -0.2) is 0 Å². The molecule has 1 N–H and O–H groups in total. The van der Waals surface area contributed by atoms with Crippen molar-refractivity contribution in [2.24, 2.45) is 0 Å². The van der Waals surface area contributed by atoms with Crippen LogP contribution in [0.4, 0.5) is 0 Å². The van der Waals surface area contributed by atoms with E-state index in [-0.39, 0.29) is 5.91 Å². The molecule has 0 bridgehead atoms. The molecule has 0 aromatic carbocycles. The minimum atomic E-state index is 0.214. The Hall–Kier alpha value is 0.300. The van der Waals surface area contributed by atoms with Gasteiger partial charge in [0, 0.05) is 23.0 Å². The van der Waals surface area contributed by atoms with Gasteiger partial charge in [0.2, 0.25) is 5.91 Å². The van der Waals surface area contributed by atoms with Crippen LogP contribution in [0.5, 0.6) is 0 Å². The maximum Gasteiger partial charge on any atom is 0.220 e. The van der Waals surface area contributed by atoms with E-state index in [0.29, 0.717) is 11.2 Å². The summed E-state index contributed by atoms with van der Waals surface area (Å²) in [6.07, 6.45) is 7.40. The summed E-state index contributed by atoms with van der Waals surface area (Å²) >= 11 is 5.24. The summed E-state index contributed by atoms with van der Waals surface area (Å²) in [6, 6.07) is 0. The fraction of sp³-hybridized carbons (Fsp3) is 0.900. The monoisotopic (exact) mass is 279 g/mol. The second-order valence-electron chi connectivity index (χ2n) is 3.81. The number of thioether (sulfide) groups is 1. The third kappa shape index (κ3) is 4.22. The third-order valence-electron chi connectivity index (χ3n) is 2.64. The third-order valence-corrected chi connectivity index (χ3v) is 4.62. The zero-order valence-corrected chi connectivity index (χ0v) is 11.0. The summed E-state index contributed by atoms with van der Waals surface area (Å²) < 4.78 is 0.394. The predicted octanol–water partition coefficient (Wildman–Crippen LogP) is 2.56. The maximum atomic E-state index is 11.4. The summed E-state index contributed by atoms with van der Waals surface area (Å²) in [5, 5.41) is 4.02. The van der Waals surface area contributed by atoms with Crippen LogP contribution in [-0.4, -0.2) is 28.8 Å². The number of rotatable bonds is 7. The molecule has 0 atom stereocenters. The van der Waals surface area contributed by atoms with E-state index in [4.69, 9.17) is 0 Å². The average molecular weight is 280 g/mol. The number of hydrogen-bond donors (Lipinski definition) is 1. The SMILES string of the molecule is CSC1(CNC(=O)CCCCBr)CC1. The molecular formula is C10H18BrNOS. The number of alkyl halides is 1. The summed E-state index contributed by atoms with van der Waals surface area (Å²) in [4.78, 5) is 11.4. The Labute approximate surface area is 98.7 Å². The molecule has 0 saturated heterocycles. The van der Waals surface area contributed by atoms with Gasteiger partial charge in [-0.2, -0.15) is 11.8 Å². The zero-order valence-electron chi connectivity index (χ0n) is 8.64. The minimum Gasteiger partial charge on any atom is -0.355 e. The van der Waals surface area contributed by atoms with E-state index in [1.807, 2.05) is 11.8 Å². The van der Waals surface area contributed by atoms with Crippen molar-refractivity contribution in [1.29, 1.82) is 0 Å². The number of unbranched alkanes of at least 4 members (excludes halogenated alkanes) is 1. The molecule has 4 heteroatoms. The number of hydrogen-bond acceptors (Lipinski definition) is 2. The van der Waals surface area contributed by atoms with Gasteiger partial charge in [-0.05, 0) is 31.9 Å². The number of carbonyl (C=O) groups excluding carboxylic acids is 1. The van der Waals surface area contributed by atoms with E-state index in [1.54, 1.807) is 0 Å². The molecule has 0 heterocycles. The Balaban J connectivity index is 2.03. The first-order valence-corrected chi connectivity index (χ1v) is 7.45. The van der Waals surface area contributed by atoms with E-state index in [9.17, 15) is 4.79 Å². The Morgan fingerprint density at radius 2 is 2.21 bits per heavy atom. The van der Waals surface area contributed by atoms with Gasteiger partial charge in [0.25, 0.3) is 0 Å². The topological polar surface area (TPSA) is 29.1 Å². The van der Waals surface area contributed by atoms with Crippen LogP contribution >= 0.6 is 27.7 Å². The molecule has 0 radical (unpaired) electrons. The van der Waals surface area contributed by atoms with Crippen LogP contribution in [-0.2, 0) is 4.79 Å². The van der Waals surface area contributed by atoms with Gasteiger partial charge in [0.15, 0.2) is 0 Å². The normalized spacial score (nSPS) is 17.9. The van der Waals surface area contributed by atoms with Crippen molar-refractivity contribution in [1.82, 2.24) is 5.32 Å². The molecular weight excluding hydrogens is 262 g/mol. The minimum absolute atomic E-state index is 0.214. The lowest BCUT2D eigenvalue weighted by Gasteiger charge is -2.12. The van der Waals surface area contributed by atoms with Crippen molar-refractivity contribution in [2.75, 3.05) is 18.1 Å². The Kier molecular flexibility index (Phi) is 5.31. The summed E-state index contributed by atoms with van der Waals surface area (Å²) in [6.45, 7) is 0.862. The largest absolute Gasteiger partial charge is 0.355 e. The van der Waals surface area contributed by atoms with Crippen molar-refractivity contribution >= 4 is 33.6 Å². The lowest BCUT2D eigenvalue weighted by atomic mass is 10.2. The highest BCUT2D eigenvalue weighted by Crippen LogP contribution is 2.46. The van der Waals surface area contributed by atoms with Crippen LogP contribution < -0.4 is 5.32 Å². The fourth-order valence-corrected chi connectivity index (χ4v) is 2.44. The lowest BCUT2D eigenvalue weighted by molar-refractivity contribution is -0.121. The first-order valence-electron chi connectivity index (χ1n) is 5.10. The molecule has 0 aromatic rings. The molecule has 1 aliphatic rings. The van der Waals surface area contributed by atoms with Gasteiger partial charge >= 0.3 is 0 Å². The first-order chi connectivity index (χ1) is 6.72. The van der Waals surface area contributed by atoms with Crippen LogP contribution in [0.3, 0.4) is 0 Å². The standard InChI is InChI=1S/C10H18BrNOS/c1-14-10(5-6-10)8-12-9(13)4-2-3-7-11/h2-8H2,1H3,(H,12,13). The zero-order chi connectivity index (χ0) is 10.4. The van der Waals surface area contributed by atoms with Gasteiger partial charge in [-0.1, -0.05) is 15.9 Å². The van der Waals surface area contributed by atoms with E-state index < -0.39 is 0 Å².